The molecule has 0 radical (unpaired) electrons. The number of hydrogen-bond acceptors (Lipinski definition) is 3. The van der Waals surface area contributed by atoms with Crippen LogP contribution in [0.1, 0.15) is 5.56 Å². The molecule has 2 aromatic rings. The molecule has 0 amide bonds. The summed E-state index contributed by atoms with van der Waals surface area (Å²) >= 11 is 6.09. The molecule has 100 valence electrons. The van der Waals surface area contributed by atoms with E-state index in [0.717, 1.165) is 22.7 Å². The van der Waals surface area contributed by atoms with Crippen LogP contribution >= 0.6 is 11.6 Å². The zero-order valence-electron chi connectivity index (χ0n) is 10.9. The van der Waals surface area contributed by atoms with Crippen LogP contribution in [0.15, 0.2) is 42.5 Å². The van der Waals surface area contributed by atoms with Crippen LogP contribution in [-0.4, -0.2) is 14.2 Å². The third-order valence-electron chi connectivity index (χ3n) is 2.80. The maximum atomic E-state index is 6.09. The van der Waals surface area contributed by atoms with Crippen LogP contribution in [-0.2, 0) is 6.54 Å². The molecule has 0 heterocycles. The summed E-state index contributed by atoms with van der Waals surface area (Å²) in [6.45, 7) is 0.671. The maximum Gasteiger partial charge on any atom is 0.161 e. The first-order chi connectivity index (χ1) is 9.24. The standard InChI is InChI=1S/C15H16ClNO2/c1-18-14-8-7-11(9-15(14)19-2)10-17-13-6-4-3-5-12(13)16/h3-9,17H,10H2,1-2H3. The predicted octanol–water partition coefficient (Wildman–Crippen LogP) is 3.97. The fourth-order valence-electron chi connectivity index (χ4n) is 1.79. The molecule has 1 N–H and O–H groups in total. The van der Waals surface area contributed by atoms with Gasteiger partial charge in [0.15, 0.2) is 11.5 Å². The lowest BCUT2D eigenvalue weighted by atomic mass is 10.2. The van der Waals surface area contributed by atoms with Crippen molar-refractivity contribution >= 4 is 17.3 Å². The highest BCUT2D eigenvalue weighted by Gasteiger charge is 2.05. The van der Waals surface area contributed by atoms with Crippen LogP contribution in [0.4, 0.5) is 5.69 Å². The number of rotatable bonds is 5. The zero-order valence-corrected chi connectivity index (χ0v) is 11.7. The second kappa shape index (κ2) is 6.34. The summed E-state index contributed by atoms with van der Waals surface area (Å²) < 4.78 is 10.5. The van der Waals surface area contributed by atoms with E-state index >= 15 is 0 Å². The topological polar surface area (TPSA) is 30.5 Å². The van der Waals surface area contributed by atoms with Crippen molar-refractivity contribution in [1.29, 1.82) is 0 Å². The van der Waals surface area contributed by atoms with Gasteiger partial charge in [0.25, 0.3) is 0 Å². The van der Waals surface area contributed by atoms with Crippen molar-refractivity contribution in [2.24, 2.45) is 0 Å². The highest BCUT2D eigenvalue weighted by atomic mass is 35.5. The third-order valence-corrected chi connectivity index (χ3v) is 3.13. The van der Waals surface area contributed by atoms with Gasteiger partial charge in [0, 0.05) is 6.54 Å². The first-order valence-corrected chi connectivity index (χ1v) is 6.31. The molecule has 0 bridgehead atoms. The molecule has 0 unspecified atom stereocenters. The molecule has 0 saturated carbocycles. The van der Waals surface area contributed by atoms with Gasteiger partial charge in [-0.25, -0.2) is 0 Å². The number of ether oxygens (including phenoxy) is 2. The Morgan fingerprint density at radius 2 is 1.74 bits per heavy atom. The van der Waals surface area contributed by atoms with Gasteiger partial charge in [-0.05, 0) is 29.8 Å². The molecule has 0 aromatic heterocycles. The molecule has 0 saturated heterocycles. The quantitative estimate of drug-likeness (QED) is 0.897. The summed E-state index contributed by atoms with van der Waals surface area (Å²) in [7, 11) is 3.25. The van der Waals surface area contributed by atoms with Crippen LogP contribution in [0.25, 0.3) is 0 Å². The van der Waals surface area contributed by atoms with Gasteiger partial charge in [0.1, 0.15) is 0 Å². The number of benzene rings is 2. The van der Waals surface area contributed by atoms with E-state index in [1.807, 2.05) is 42.5 Å². The monoisotopic (exact) mass is 277 g/mol. The van der Waals surface area contributed by atoms with E-state index in [4.69, 9.17) is 21.1 Å². The van der Waals surface area contributed by atoms with E-state index in [-0.39, 0.29) is 0 Å². The molecule has 3 nitrogen and oxygen atoms in total. The molecule has 0 atom stereocenters. The minimum atomic E-state index is 0.671. The van der Waals surface area contributed by atoms with Crippen LogP contribution < -0.4 is 14.8 Å². The molecule has 0 spiro atoms. The number of nitrogens with one attached hydrogen (secondary N) is 1. The molecule has 0 aliphatic rings. The number of para-hydroxylation sites is 1. The van der Waals surface area contributed by atoms with Crippen LogP contribution in [0.2, 0.25) is 5.02 Å². The van der Waals surface area contributed by atoms with Crippen molar-refractivity contribution in [2.75, 3.05) is 19.5 Å². The number of halogens is 1. The second-order valence-corrected chi connectivity index (χ2v) is 4.43. The SMILES string of the molecule is COc1ccc(CNc2ccccc2Cl)cc1OC. The van der Waals surface area contributed by atoms with E-state index in [0.29, 0.717) is 11.6 Å². The summed E-state index contributed by atoms with van der Waals surface area (Å²) in [5, 5.41) is 4.00. The Labute approximate surface area is 118 Å². The van der Waals surface area contributed by atoms with Crippen LogP contribution in [0.5, 0.6) is 11.5 Å². The molecule has 0 aliphatic carbocycles. The summed E-state index contributed by atoms with van der Waals surface area (Å²) in [6.07, 6.45) is 0. The minimum Gasteiger partial charge on any atom is -0.493 e. The number of hydrogen-bond donors (Lipinski definition) is 1. The van der Waals surface area contributed by atoms with Gasteiger partial charge in [-0.1, -0.05) is 29.8 Å². The van der Waals surface area contributed by atoms with E-state index in [1.165, 1.54) is 0 Å². The Balaban J connectivity index is 2.10. The number of methoxy groups -OCH3 is 2. The lowest BCUT2D eigenvalue weighted by molar-refractivity contribution is 0.354. The molecule has 19 heavy (non-hydrogen) atoms. The highest BCUT2D eigenvalue weighted by molar-refractivity contribution is 6.33. The third kappa shape index (κ3) is 3.32. The summed E-state index contributed by atoms with van der Waals surface area (Å²) in [5.41, 5.74) is 2.01. The van der Waals surface area contributed by atoms with E-state index < -0.39 is 0 Å². The second-order valence-electron chi connectivity index (χ2n) is 4.02. The van der Waals surface area contributed by atoms with Crippen LogP contribution in [0.3, 0.4) is 0 Å². The Kier molecular flexibility index (Phi) is 4.53. The molecule has 0 aliphatic heterocycles. The average molecular weight is 278 g/mol. The van der Waals surface area contributed by atoms with Gasteiger partial charge in [0.2, 0.25) is 0 Å². The molecule has 2 rings (SSSR count). The van der Waals surface area contributed by atoms with Gasteiger partial charge in [-0.3, -0.25) is 0 Å². The first kappa shape index (κ1) is 13.6. The van der Waals surface area contributed by atoms with Crippen molar-refractivity contribution in [3.63, 3.8) is 0 Å². The Bertz CT molecular complexity index is 558. The van der Waals surface area contributed by atoms with Gasteiger partial charge in [-0.15, -0.1) is 0 Å². The summed E-state index contributed by atoms with van der Waals surface area (Å²) in [5.74, 6) is 1.45. The van der Waals surface area contributed by atoms with Crippen molar-refractivity contribution < 1.29 is 9.47 Å². The van der Waals surface area contributed by atoms with Crippen molar-refractivity contribution in [2.45, 2.75) is 6.54 Å². The minimum absolute atomic E-state index is 0.671. The summed E-state index contributed by atoms with van der Waals surface area (Å²) in [4.78, 5) is 0. The highest BCUT2D eigenvalue weighted by Crippen LogP contribution is 2.28. The van der Waals surface area contributed by atoms with Crippen molar-refractivity contribution in [1.82, 2.24) is 0 Å². The van der Waals surface area contributed by atoms with Gasteiger partial charge in [0.05, 0.1) is 24.9 Å². The maximum absolute atomic E-state index is 6.09. The fourth-order valence-corrected chi connectivity index (χ4v) is 2.00. The average Bonchev–Trinajstić information content (AvgIpc) is 2.46. The fraction of sp³-hybridized carbons (Fsp3) is 0.200. The van der Waals surface area contributed by atoms with Crippen molar-refractivity contribution in [3.8, 4) is 11.5 Å². The molecule has 2 aromatic carbocycles. The van der Waals surface area contributed by atoms with Gasteiger partial charge >= 0.3 is 0 Å². The van der Waals surface area contributed by atoms with E-state index in [1.54, 1.807) is 14.2 Å². The molecule has 4 heteroatoms. The molecular weight excluding hydrogens is 262 g/mol. The Morgan fingerprint density at radius 3 is 2.42 bits per heavy atom. The Morgan fingerprint density at radius 1 is 1.00 bits per heavy atom. The lowest BCUT2D eigenvalue weighted by Crippen LogP contribution is -2.00. The predicted molar refractivity (Wildman–Crippen MR) is 78.3 cm³/mol. The van der Waals surface area contributed by atoms with Gasteiger partial charge in [-0.2, -0.15) is 0 Å². The largest absolute Gasteiger partial charge is 0.493 e. The number of anilines is 1. The summed E-state index contributed by atoms with van der Waals surface area (Å²) in [6, 6.07) is 13.5. The van der Waals surface area contributed by atoms with E-state index in [2.05, 4.69) is 5.32 Å². The first-order valence-electron chi connectivity index (χ1n) is 5.94. The van der Waals surface area contributed by atoms with Crippen LogP contribution in [0, 0.1) is 0 Å². The molecular formula is C15H16ClNO2. The Hall–Kier alpha value is -1.87. The normalized spacial score (nSPS) is 10.1. The lowest BCUT2D eigenvalue weighted by Gasteiger charge is -2.11. The molecule has 0 fully saturated rings. The smallest absolute Gasteiger partial charge is 0.161 e. The van der Waals surface area contributed by atoms with Gasteiger partial charge < -0.3 is 14.8 Å². The van der Waals surface area contributed by atoms with E-state index in [9.17, 15) is 0 Å². The zero-order chi connectivity index (χ0) is 13.7. The van der Waals surface area contributed by atoms with Crippen molar-refractivity contribution in [3.05, 3.63) is 53.1 Å².